The Balaban J connectivity index is 1.95. The van der Waals surface area contributed by atoms with E-state index in [1.807, 2.05) is 6.07 Å². The Morgan fingerprint density at radius 3 is 3.18 bits per heavy atom. The van der Waals surface area contributed by atoms with Crippen molar-refractivity contribution in [3.63, 3.8) is 0 Å². The van der Waals surface area contributed by atoms with Crippen LogP contribution in [0.4, 0.5) is 5.69 Å². The molecule has 1 saturated heterocycles. The minimum absolute atomic E-state index is 0.166. The average Bonchev–Trinajstić information content (AvgIpc) is 2.93. The minimum Gasteiger partial charge on any atom is -0.311 e. The Kier molecular flexibility index (Phi) is 2.58. The van der Waals surface area contributed by atoms with Crippen LogP contribution in [0, 0.1) is 5.92 Å². The highest BCUT2D eigenvalue weighted by Crippen LogP contribution is 2.27. The number of rotatable bonds is 2. The summed E-state index contributed by atoms with van der Waals surface area (Å²) in [7, 11) is 0. The van der Waals surface area contributed by atoms with Gasteiger partial charge in [0.1, 0.15) is 0 Å². The molecule has 3 heterocycles. The molecule has 3 rings (SSSR count). The van der Waals surface area contributed by atoms with Crippen LogP contribution in [0.3, 0.4) is 0 Å². The molecule has 17 heavy (non-hydrogen) atoms. The van der Waals surface area contributed by atoms with Crippen LogP contribution >= 0.6 is 15.9 Å². The summed E-state index contributed by atoms with van der Waals surface area (Å²) in [6.07, 6.45) is 4.04. The number of carbonyl (C=O) groups is 1. The number of halogens is 1. The Bertz CT molecular complexity index is 567. The lowest BCUT2D eigenvalue weighted by molar-refractivity contribution is -0.117. The van der Waals surface area contributed by atoms with Gasteiger partial charge in [0.2, 0.25) is 5.91 Å². The fourth-order valence-electron chi connectivity index (χ4n) is 2.11. The molecular weight excluding hydrogens is 284 g/mol. The molecule has 0 saturated carbocycles. The first-order chi connectivity index (χ1) is 8.28. The quantitative estimate of drug-likeness (QED) is 0.858. The average molecular weight is 295 g/mol. The second-order valence-electron chi connectivity index (χ2n) is 4.23. The molecule has 0 aliphatic carbocycles. The van der Waals surface area contributed by atoms with Gasteiger partial charge in [0.05, 0.1) is 18.1 Å². The molecule has 1 N–H and O–H groups in total. The zero-order valence-corrected chi connectivity index (χ0v) is 10.6. The largest absolute Gasteiger partial charge is 0.311 e. The van der Waals surface area contributed by atoms with Crippen LogP contribution in [-0.2, 0) is 4.79 Å². The van der Waals surface area contributed by atoms with E-state index in [9.17, 15) is 4.79 Å². The van der Waals surface area contributed by atoms with Crippen molar-refractivity contribution in [1.29, 1.82) is 0 Å². The van der Waals surface area contributed by atoms with Gasteiger partial charge in [-0.2, -0.15) is 5.10 Å². The number of aromatic nitrogens is 3. The second kappa shape index (κ2) is 4.10. The van der Waals surface area contributed by atoms with E-state index in [0.717, 1.165) is 28.6 Å². The molecule has 5 nitrogen and oxygen atoms in total. The standard InChI is InChI=1S/C11H11BrN4O/c12-3-7-1-10(17)16(6-7)9-2-8-4-14-15-11(8)13-5-9/h2,4-5,7H,1,3,6H2,(H,13,14,15). The predicted molar refractivity (Wildman–Crippen MR) is 68.1 cm³/mol. The van der Waals surface area contributed by atoms with Crippen molar-refractivity contribution in [1.82, 2.24) is 15.2 Å². The number of anilines is 1. The van der Waals surface area contributed by atoms with E-state index in [4.69, 9.17) is 0 Å². The number of H-pyrrole nitrogens is 1. The van der Waals surface area contributed by atoms with Gasteiger partial charge in [0, 0.05) is 23.7 Å². The Hall–Kier alpha value is -1.43. The zero-order valence-electron chi connectivity index (χ0n) is 9.06. The summed E-state index contributed by atoms with van der Waals surface area (Å²) in [5, 5.41) is 8.50. The Morgan fingerprint density at radius 2 is 2.41 bits per heavy atom. The predicted octanol–water partition coefficient (Wildman–Crippen LogP) is 1.71. The van der Waals surface area contributed by atoms with Gasteiger partial charge < -0.3 is 4.90 Å². The van der Waals surface area contributed by atoms with E-state index in [-0.39, 0.29) is 5.91 Å². The van der Waals surface area contributed by atoms with E-state index in [1.165, 1.54) is 0 Å². The van der Waals surface area contributed by atoms with Crippen molar-refractivity contribution >= 4 is 38.6 Å². The maximum Gasteiger partial charge on any atom is 0.227 e. The molecule has 0 radical (unpaired) electrons. The molecule has 1 aliphatic rings. The molecule has 0 bridgehead atoms. The topological polar surface area (TPSA) is 61.9 Å². The molecule has 0 aromatic carbocycles. The van der Waals surface area contributed by atoms with E-state index >= 15 is 0 Å². The summed E-state index contributed by atoms with van der Waals surface area (Å²) in [5.74, 6) is 0.557. The molecule has 1 amide bonds. The SMILES string of the molecule is O=C1CC(CBr)CN1c1cnc2[nH]ncc2c1. The summed E-state index contributed by atoms with van der Waals surface area (Å²) in [5.41, 5.74) is 1.60. The number of hydrogen-bond acceptors (Lipinski definition) is 3. The third-order valence-electron chi connectivity index (χ3n) is 3.01. The number of aromatic amines is 1. The fraction of sp³-hybridized carbons (Fsp3) is 0.364. The van der Waals surface area contributed by atoms with Crippen molar-refractivity contribution in [3.05, 3.63) is 18.5 Å². The number of fused-ring (bicyclic) bond motifs is 1. The number of pyridine rings is 1. The summed E-state index contributed by atoms with van der Waals surface area (Å²) in [6.45, 7) is 0.759. The number of nitrogens with zero attached hydrogens (tertiary/aromatic N) is 3. The van der Waals surface area contributed by atoms with Crippen molar-refractivity contribution < 1.29 is 4.79 Å². The zero-order chi connectivity index (χ0) is 11.8. The molecule has 0 spiro atoms. The molecule has 1 unspecified atom stereocenters. The highest BCUT2D eigenvalue weighted by atomic mass is 79.9. The first-order valence-corrected chi connectivity index (χ1v) is 6.55. The van der Waals surface area contributed by atoms with Crippen LogP contribution in [0.25, 0.3) is 11.0 Å². The summed E-state index contributed by atoms with van der Waals surface area (Å²) in [6, 6.07) is 1.94. The van der Waals surface area contributed by atoms with Gasteiger partial charge in [-0.05, 0) is 12.0 Å². The maximum absolute atomic E-state index is 11.9. The Morgan fingerprint density at radius 1 is 1.53 bits per heavy atom. The van der Waals surface area contributed by atoms with E-state index < -0.39 is 0 Å². The van der Waals surface area contributed by atoms with Crippen molar-refractivity contribution in [2.75, 3.05) is 16.8 Å². The van der Waals surface area contributed by atoms with Crippen LogP contribution in [0.5, 0.6) is 0 Å². The number of hydrogen-bond donors (Lipinski definition) is 1. The molecule has 88 valence electrons. The van der Waals surface area contributed by atoms with Crippen molar-refractivity contribution in [2.24, 2.45) is 5.92 Å². The van der Waals surface area contributed by atoms with Gasteiger partial charge in [-0.1, -0.05) is 15.9 Å². The second-order valence-corrected chi connectivity index (χ2v) is 4.88. The Labute approximate surface area is 106 Å². The highest BCUT2D eigenvalue weighted by Gasteiger charge is 2.30. The number of amides is 1. The lowest BCUT2D eigenvalue weighted by Gasteiger charge is -2.15. The van der Waals surface area contributed by atoms with Crippen molar-refractivity contribution in [2.45, 2.75) is 6.42 Å². The number of nitrogens with one attached hydrogen (secondary N) is 1. The van der Waals surface area contributed by atoms with Gasteiger partial charge in [-0.25, -0.2) is 4.98 Å². The van der Waals surface area contributed by atoms with Crippen LogP contribution in [0.1, 0.15) is 6.42 Å². The first-order valence-electron chi connectivity index (χ1n) is 5.43. The maximum atomic E-state index is 11.9. The number of alkyl halides is 1. The fourth-order valence-corrected chi connectivity index (χ4v) is 2.54. The molecule has 2 aromatic heterocycles. The van der Waals surface area contributed by atoms with Gasteiger partial charge in [0.15, 0.2) is 5.65 Å². The highest BCUT2D eigenvalue weighted by molar-refractivity contribution is 9.09. The van der Waals surface area contributed by atoms with Crippen LogP contribution < -0.4 is 4.90 Å². The first kappa shape index (κ1) is 10.7. The third-order valence-corrected chi connectivity index (χ3v) is 3.93. The van der Waals surface area contributed by atoms with Gasteiger partial charge >= 0.3 is 0 Å². The third kappa shape index (κ3) is 1.82. The molecule has 1 aliphatic heterocycles. The monoisotopic (exact) mass is 294 g/mol. The van der Waals surface area contributed by atoms with Gasteiger partial charge in [-0.3, -0.25) is 9.89 Å². The van der Waals surface area contributed by atoms with Crippen LogP contribution in [0.15, 0.2) is 18.5 Å². The molecule has 1 atom stereocenters. The minimum atomic E-state index is 0.166. The van der Waals surface area contributed by atoms with E-state index in [0.29, 0.717) is 12.3 Å². The number of carbonyl (C=O) groups excluding carboxylic acids is 1. The molecule has 6 heteroatoms. The molecular formula is C11H11BrN4O. The summed E-state index contributed by atoms with van der Waals surface area (Å²) < 4.78 is 0. The van der Waals surface area contributed by atoms with Gasteiger partial charge in [-0.15, -0.1) is 0 Å². The molecule has 2 aromatic rings. The normalized spacial score (nSPS) is 20.4. The van der Waals surface area contributed by atoms with E-state index in [2.05, 4.69) is 31.1 Å². The van der Waals surface area contributed by atoms with Crippen LogP contribution in [-0.4, -0.2) is 33.0 Å². The van der Waals surface area contributed by atoms with Crippen LogP contribution in [0.2, 0.25) is 0 Å². The van der Waals surface area contributed by atoms with E-state index in [1.54, 1.807) is 17.3 Å². The van der Waals surface area contributed by atoms with Crippen molar-refractivity contribution in [3.8, 4) is 0 Å². The summed E-state index contributed by atoms with van der Waals surface area (Å²) in [4.78, 5) is 17.9. The lowest BCUT2D eigenvalue weighted by Crippen LogP contribution is -2.24. The lowest BCUT2D eigenvalue weighted by atomic mass is 10.2. The molecule has 1 fully saturated rings. The smallest absolute Gasteiger partial charge is 0.227 e. The van der Waals surface area contributed by atoms with Gasteiger partial charge in [0.25, 0.3) is 0 Å². The summed E-state index contributed by atoms with van der Waals surface area (Å²) >= 11 is 3.43.